The van der Waals surface area contributed by atoms with E-state index in [1.807, 2.05) is 19.2 Å². The number of hydrogen-bond donors (Lipinski definition) is 1. The van der Waals surface area contributed by atoms with Gasteiger partial charge in [0.2, 0.25) is 0 Å². The number of aromatic nitrogens is 1. The van der Waals surface area contributed by atoms with Crippen LogP contribution in [0.2, 0.25) is 0 Å². The van der Waals surface area contributed by atoms with Crippen molar-refractivity contribution in [3.63, 3.8) is 0 Å². The molecule has 0 radical (unpaired) electrons. The molecular formula is C14H25N3O. The summed E-state index contributed by atoms with van der Waals surface area (Å²) in [6.07, 6.45) is 2.99. The Balaban J connectivity index is 2.56. The van der Waals surface area contributed by atoms with Crippen LogP contribution < -0.4 is 10.2 Å². The van der Waals surface area contributed by atoms with Crippen LogP contribution in [0.5, 0.6) is 0 Å². The minimum atomic E-state index is 0.741. The van der Waals surface area contributed by atoms with Crippen LogP contribution in [-0.4, -0.2) is 38.3 Å². The maximum atomic E-state index is 5.38. The SMILES string of the molecule is CCCNCc1cccnc1N(C)CCOCC. The number of likely N-dealkylation sites (N-methyl/N-ethyl adjacent to an activating group) is 1. The Morgan fingerprint density at radius 2 is 2.22 bits per heavy atom. The van der Waals surface area contributed by atoms with Gasteiger partial charge in [-0.1, -0.05) is 13.0 Å². The zero-order chi connectivity index (χ0) is 13.2. The summed E-state index contributed by atoms with van der Waals surface area (Å²) in [5.41, 5.74) is 1.24. The summed E-state index contributed by atoms with van der Waals surface area (Å²) >= 11 is 0. The highest BCUT2D eigenvalue weighted by atomic mass is 16.5. The number of anilines is 1. The number of rotatable bonds is 9. The summed E-state index contributed by atoms with van der Waals surface area (Å²) in [5.74, 6) is 1.04. The van der Waals surface area contributed by atoms with Crippen molar-refractivity contribution in [2.75, 3.05) is 38.3 Å². The third-order valence-electron chi connectivity index (χ3n) is 2.75. The van der Waals surface area contributed by atoms with Gasteiger partial charge in [-0.25, -0.2) is 4.98 Å². The fraction of sp³-hybridized carbons (Fsp3) is 0.643. The number of nitrogens with one attached hydrogen (secondary N) is 1. The van der Waals surface area contributed by atoms with E-state index in [0.717, 1.165) is 45.1 Å². The Morgan fingerprint density at radius 3 is 2.94 bits per heavy atom. The minimum Gasteiger partial charge on any atom is -0.380 e. The van der Waals surface area contributed by atoms with Crippen LogP contribution in [0.15, 0.2) is 18.3 Å². The van der Waals surface area contributed by atoms with E-state index in [0.29, 0.717) is 0 Å². The summed E-state index contributed by atoms with van der Waals surface area (Å²) in [6.45, 7) is 8.47. The van der Waals surface area contributed by atoms with Crippen molar-refractivity contribution >= 4 is 5.82 Å². The molecule has 1 N–H and O–H groups in total. The third-order valence-corrected chi connectivity index (χ3v) is 2.75. The highest BCUT2D eigenvalue weighted by Crippen LogP contribution is 2.15. The van der Waals surface area contributed by atoms with Gasteiger partial charge in [-0.2, -0.15) is 0 Å². The molecule has 1 aromatic heterocycles. The maximum absolute atomic E-state index is 5.38. The van der Waals surface area contributed by atoms with Gasteiger partial charge < -0.3 is 15.0 Å². The molecule has 0 unspecified atom stereocenters. The van der Waals surface area contributed by atoms with Gasteiger partial charge in [0.15, 0.2) is 0 Å². The molecule has 1 heterocycles. The van der Waals surface area contributed by atoms with E-state index < -0.39 is 0 Å². The van der Waals surface area contributed by atoms with E-state index in [1.165, 1.54) is 5.56 Å². The van der Waals surface area contributed by atoms with Gasteiger partial charge in [0, 0.05) is 38.5 Å². The highest BCUT2D eigenvalue weighted by molar-refractivity contribution is 5.45. The van der Waals surface area contributed by atoms with Gasteiger partial charge in [0.25, 0.3) is 0 Å². The first-order valence-corrected chi connectivity index (χ1v) is 6.73. The van der Waals surface area contributed by atoms with Crippen LogP contribution in [0.1, 0.15) is 25.8 Å². The molecule has 0 aliphatic rings. The average molecular weight is 251 g/mol. The molecule has 102 valence electrons. The largest absolute Gasteiger partial charge is 0.380 e. The second-order valence-electron chi connectivity index (χ2n) is 4.28. The van der Waals surface area contributed by atoms with Crippen LogP contribution in [0, 0.1) is 0 Å². The quantitative estimate of drug-likeness (QED) is 0.682. The Kier molecular flexibility index (Phi) is 7.37. The first-order chi connectivity index (χ1) is 8.79. The van der Waals surface area contributed by atoms with E-state index in [4.69, 9.17) is 4.74 Å². The van der Waals surface area contributed by atoms with Crippen LogP contribution in [-0.2, 0) is 11.3 Å². The summed E-state index contributed by atoms with van der Waals surface area (Å²) in [7, 11) is 2.06. The fourth-order valence-electron chi connectivity index (χ4n) is 1.76. The van der Waals surface area contributed by atoms with Gasteiger partial charge in [-0.3, -0.25) is 0 Å². The molecule has 0 saturated carbocycles. The van der Waals surface area contributed by atoms with E-state index in [-0.39, 0.29) is 0 Å². The van der Waals surface area contributed by atoms with E-state index >= 15 is 0 Å². The highest BCUT2D eigenvalue weighted by Gasteiger charge is 2.07. The summed E-state index contributed by atoms with van der Waals surface area (Å²) < 4.78 is 5.38. The van der Waals surface area contributed by atoms with Crippen molar-refractivity contribution in [2.24, 2.45) is 0 Å². The van der Waals surface area contributed by atoms with E-state index in [2.05, 4.69) is 35.2 Å². The van der Waals surface area contributed by atoms with Crippen molar-refractivity contribution < 1.29 is 4.74 Å². The summed E-state index contributed by atoms with van der Waals surface area (Å²) in [4.78, 5) is 6.62. The third kappa shape index (κ3) is 5.02. The van der Waals surface area contributed by atoms with Crippen LogP contribution in [0.25, 0.3) is 0 Å². The Bertz CT molecular complexity index is 331. The van der Waals surface area contributed by atoms with Gasteiger partial charge in [0.1, 0.15) is 5.82 Å². The predicted octanol–water partition coefficient (Wildman–Crippen LogP) is 2.05. The molecule has 0 aliphatic carbocycles. The summed E-state index contributed by atoms with van der Waals surface area (Å²) in [6, 6.07) is 4.12. The molecule has 0 fully saturated rings. The normalized spacial score (nSPS) is 10.6. The van der Waals surface area contributed by atoms with Crippen molar-refractivity contribution in [3.8, 4) is 0 Å². The van der Waals surface area contributed by atoms with Gasteiger partial charge in [0.05, 0.1) is 6.61 Å². The second kappa shape index (κ2) is 8.89. The standard InChI is InChI=1S/C14H25N3O/c1-4-8-15-12-13-7-6-9-16-14(13)17(3)10-11-18-5-2/h6-7,9,15H,4-5,8,10-12H2,1-3H3. The molecule has 0 spiro atoms. The molecule has 0 aromatic carbocycles. The van der Waals surface area contributed by atoms with Crippen LogP contribution in [0.3, 0.4) is 0 Å². The Labute approximate surface area is 110 Å². The summed E-state index contributed by atoms with van der Waals surface area (Å²) in [5, 5.41) is 3.42. The molecule has 0 aliphatic heterocycles. The van der Waals surface area contributed by atoms with Crippen LogP contribution in [0.4, 0.5) is 5.82 Å². The first-order valence-electron chi connectivity index (χ1n) is 6.73. The molecule has 0 amide bonds. The molecule has 1 aromatic rings. The van der Waals surface area contributed by atoms with Crippen molar-refractivity contribution in [2.45, 2.75) is 26.8 Å². The number of ether oxygens (including phenoxy) is 1. The number of nitrogens with zero attached hydrogens (tertiary/aromatic N) is 2. The van der Waals surface area contributed by atoms with Crippen molar-refractivity contribution in [3.05, 3.63) is 23.9 Å². The maximum Gasteiger partial charge on any atom is 0.132 e. The topological polar surface area (TPSA) is 37.4 Å². The monoisotopic (exact) mass is 251 g/mol. The molecular weight excluding hydrogens is 226 g/mol. The van der Waals surface area contributed by atoms with E-state index in [9.17, 15) is 0 Å². The zero-order valence-corrected chi connectivity index (χ0v) is 11.8. The van der Waals surface area contributed by atoms with E-state index in [1.54, 1.807) is 0 Å². The molecule has 4 nitrogen and oxygen atoms in total. The van der Waals surface area contributed by atoms with Gasteiger partial charge in [-0.05, 0) is 26.0 Å². The molecule has 0 atom stereocenters. The Hall–Kier alpha value is -1.13. The number of hydrogen-bond acceptors (Lipinski definition) is 4. The first kappa shape index (κ1) is 14.9. The minimum absolute atomic E-state index is 0.741. The smallest absolute Gasteiger partial charge is 0.132 e. The lowest BCUT2D eigenvalue weighted by Gasteiger charge is -2.21. The molecule has 0 saturated heterocycles. The van der Waals surface area contributed by atoms with Crippen LogP contribution >= 0.6 is 0 Å². The lowest BCUT2D eigenvalue weighted by atomic mass is 10.2. The predicted molar refractivity (Wildman–Crippen MR) is 76.0 cm³/mol. The van der Waals surface area contributed by atoms with Gasteiger partial charge in [-0.15, -0.1) is 0 Å². The second-order valence-corrected chi connectivity index (χ2v) is 4.28. The average Bonchev–Trinajstić information content (AvgIpc) is 2.40. The van der Waals surface area contributed by atoms with Crippen molar-refractivity contribution in [1.82, 2.24) is 10.3 Å². The molecule has 4 heteroatoms. The number of pyridine rings is 1. The zero-order valence-electron chi connectivity index (χ0n) is 11.8. The lowest BCUT2D eigenvalue weighted by molar-refractivity contribution is 0.154. The van der Waals surface area contributed by atoms with Gasteiger partial charge >= 0.3 is 0 Å². The molecule has 0 bridgehead atoms. The fourth-order valence-corrected chi connectivity index (χ4v) is 1.76. The molecule has 18 heavy (non-hydrogen) atoms. The van der Waals surface area contributed by atoms with Crippen molar-refractivity contribution in [1.29, 1.82) is 0 Å². The Morgan fingerprint density at radius 1 is 1.39 bits per heavy atom. The lowest BCUT2D eigenvalue weighted by Crippen LogP contribution is -2.26. The molecule has 1 rings (SSSR count).